The van der Waals surface area contributed by atoms with E-state index in [9.17, 15) is 4.79 Å². The van der Waals surface area contributed by atoms with Gasteiger partial charge in [-0.25, -0.2) is 4.98 Å². The zero-order valence-corrected chi connectivity index (χ0v) is 14.9. The summed E-state index contributed by atoms with van der Waals surface area (Å²) in [6.07, 6.45) is 5.84. The lowest BCUT2D eigenvalue weighted by Gasteiger charge is -2.06. The quantitative estimate of drug-likeness (QED) is 0.518. The number of carbonyl (C=O) groups is 1. The predicted octanol–water partition coefficient (Wildman–Crippen LogP) is 2.85. The highest BCUT2D eigenvalue weighted by Crippen LogP contribution is 2.39. The Bertz CT molecular complexity index is 1090. The molecule has 0 aliphatic heterocycles. The number of hydrogen-bond donors (Lipinski definition) is 2. The summed E-state index contributed by atoms with van der Waals surface area (Å²) < 4.78 is 1.95. The number of carbonyl (C=O) groups excluding carboxylic acids is 1. The highest BCUT2D eigenvalue weighted by molar-refractivity contribution is 5.99. The molecule has 3 aromatic heterocycles. The Labute approximate surface area is 155 Å². The van der Waals surface area contributed by atoms with Crippen LogP contribution in [-0.2, 0) is 6.42 Å². The summed E-state index contributed by atoms with van der Waals surface area (Å²) in [5, 5.41) is 11.5. The van der Waals surface area contributed by atoms with Crippen molar-refractivity contribution in [3.05, 3.63) is 59.8 Å². The van der Waals surface area contributed by atoms with Crippen molar-refractivity contribution in [1.82, 2.24) is 29.9 Å². The molecule has 0 spiro atoms. The molecule has 1 amide bonds. The van der Waals surface area contributed by atoms with Crippen LogP contribution in [0.2, 0.25) is 0 Å². The summed E-state index contributed by atoms with van der Waals surface area (Å²) in [6.45, 7) is 0.584. The molecule has 0 radical (unpaired) electrons. The van der Waals surface area contributed by atoms with Crippen molar-refractivity contribution >= 4 is 22.6 Å². The molecule has 1 aromatic carbocycles. The standard InChI is InChI=1S/C20H20N6O/c27-20(14-5-4-12-26-18(13-9-10-13)24-25-19(14)26)21-11-3-8-17-22-15-6-1-2-7-16(15)23-17/h1-2,4-7,12-13H,3,8-11H2,(H,21,27)(H,22,23). The second-order valence-electron chi connectivity index (χ2n) is 7.01. The Hall–Kier alpha value is -3.22. The Morgan fingerprint density at radius 3 is 2.93 bits per heavy atom. The third-order valence-electron chi connectivity index (χ3n) is 4.96. The van der Waals surface area contributed by atoms with E-state index in [0.29, 0.717) is 23.7 Å². The number of aromatic amines is 1. The Kier molecular flexibility index (Phi) is 3.85. The minimum Gasteiger partial charge on any atom is -0.352 e. The van der Waals surface area contributed by atoms with Crippen LogP contribution < -0.4 is 5.32 Å². The first-order chi connectivity index (χ1) is 13.3. The van der Waals surface area contributed by atoms with Gasteiger partial charge in [-0.3, -0.25) is 9.20 Å². The molecule has 3 heterocycles. The zero-order chi connectivity index (χ0) is 18.2. The number of para-hydroxylation sites is 2. The SMILES string of the molecule is O=C(NCCCc1nc2ccccc2[nH]1)c1cccn2c(C3CC3)nnc12. The van der Waals surface area contributed by atoms with Crippen LogP contribution >= 0.6 is 0 Å². The van der Waals surface area contributed by atoms with E-state index in [0.717, 1.165) is 48.4 Å². The van der Waals surface area contributed by atoms with Gasteiger partial charge in [0, 0.05) is 25.1 Å². The molecule has 1 saturated carbocycles. The summed E-state index contributed by atoms with van der Waals surface area (Å²) in [6, 6.07) is 11.7. The second kappa shape index (κ2) is 6.50. The molecule has 136 valence electrons. The second-order valence-corrected chi connectivity index (χ2v) is 7.01. The molecule has 7 nitrogen and oxygen atoms in total. The molecular weight excluding hydrogens is 340 g/mol. The smallest absolute Gasteiger partial charge is 0.255 e. The van der Waals surface area contributed by atoms with Crippen LogP contribution in [-0.4, -0.2) is 37.0 Å². The van der Waals surface area contributed by atoms with Crippen LogP contribution in [0.5, 0.6) is 0 Å². The lowest BCUT2D eigenvalue weighted by molar-refractivity contribution is 0.0954. The molecule has 0 saturated heterocycles. The summed E-state index contributed by atoms with van der Waals surface area (Å²) in [7, 11) is 0. The van der Waals surface area contributed by atoms with Gasteiger partial charge in [-0.1, -0.05) is 12.1 Å². The lowest BCUT2D eigenvalue weighted by Crippen LogP contribution is -2.25. The van der Waals surface area contributed by atoms with Crippen LogP contribution in [0, 0.1) is 0 Å². The fourth-order valence-electron chi connectivity index (χ4n) is 3.41. The van der Waals surface area contributed by atoms with Crippen molar-refractivity contribution in [1.29, 1.82) is 0 Å². The number of amides is 1. The van der Waals surface area contributed by atoms with E-state index in [1.807, 2.05) is 40.9 Å². The number of pyridine rings is 1. The van der Waals surface area contributed by atoms with E-state index in [1.54, 1.807) is 6.07 Å². The van der Waals surface area contributed by atoms with Gasteiger partial charge < -0.3 is 10.3 Å². The normalized spacial score (nSPS) is 14.1. The van der Waals surface area contributed by atoms with Crippen molar-refractivity contribution in [2.24, 2.45) is 0 Å². The van der Waals surface area contributed by atoms with Gasteiger partial charge in [-0.2, -0.15) is 0 Å². The van der Waals surface area contributed by atoms with Crippen molar-refractivity contribution in [3.8, 4) is 0 Å². The molecule has 7 heteroatoms. The topological polar surface area (TPSA) is 88.0 Å². The van der Waals surface area contributed by atoms with E-state index in [1.165, 1.54) is 0 Å². The largest absolute Gasteiger partial charge is 0.352 e. The molecule has 0 bridgehead atoms. The van der Waals surface area contributed by atoms with Gasteiger partial charge in [0.1, 0.15) is 11.6 Å². The van der Waals surface area contributed by atoms with Gasteiger partial charge in [-0.05, 0) is 43.5 Å². The lowest BCUT2D eigenvalue weighted by atomic mass is 10.2. The molecule has 5 rings (SSSR count). The number of H-pyrrole nitrogens is 1. The van der Waals surface area contributed by atoms with Gasteiger partial charge in [-0.15, -0.1) is 10.2 Å². The third kappa shape index (κ3) is 3.05. The zero-order valence-electron chi connectivity index (χ0n) is 14.9. The minimum atomic E-state index is -0.111. The highest BCUT2D eigenvalue weighted by Gasteiger charge is 2.29. The van der Waals surface area contributed by atoms with Crippen LogP contribution in [0.25, 0.3) is 16.7 Å². The van der Waals surface area contributed by atoms with E-state index in [4.69, 9.17) is 0 Å². The number of rotatable bonds is 6. The Morgan fingerprint density at radius 2 is 2.07 bits per heavy atom. The maximum atomic E-state index is 12.6. The Balaban J connectivity index is 1.22. The van der Waals surface area contributed by atoms with Crippen molar-refractivity contribution in [2.75, 3.05) is 6.54 Å². The molecule has 0 unspecified atom stereocenters. The van der Waals surface area contributed by atoms with Gasteiger partial charge in [0.25, 0.3) is 5.91 Å². The molecule has 1 fully saturated rings. The molecular formula is C20H20N6O. The van der Waals surface area contributed by atoms with Crippen LogP contribution in [0.1, 0.15) is 47.2 Å². The fourth-order valence-corrected chi connectivity index (χ4v) is 3.41. The fraction of sp³-hybridized carbons (Fsp3) is 0.300. The number of benzene rings is 1. The molecule has 0 atom stereocenters. The first-order valence-corrected chi connectivity index (χ1v) is 9.35. The van der Waals surface area contributed by atoms with Gasteiger partial charge in [0.05, 0.1) is 16.6 Å². The first-order valence-electron chi connectivity index (χ1n) is 9.35. The summed E-state index contributed by atoms with van der Waals surface area (Å²) >= 11 is 0. The molecule has 1 aliphatic rings. The average Bonchev–Trinajstić information content (AvgIpc) is 3.30. The number of imidazole rings is 1. The molecule has 4 aromatic rings. The van der Waals surface area contributed by atoms with Gasteiger partial charge in [0.2, 0.25) is 0 Å². The highest BCUT2D eigenvalue weighted by atomic mass is 16.1. The summed E-state index contributed by atoms with van der Waals surface area (Å²) in [5.41, 5.74) is 3.22. The molecule has 1 aliphatic carbocycles. The maximum absolute atomic E-state index is 12.6. The molecule has 27 heavy (non-hydrogen) atoms. The van der Waals surface area contributed by atoms with Gasteiger partial charge in [0.15, 0.2) is 5.65 Å². The maximum Gasteiger partial charge on any atom is 0.255 e. The first kappa shape index (κ1) is 16.0. The summed E-state index contributed by atoms with van der Waals surface area (Å²) in [4.78, 5) is 20.5. The van der Waals surface area contributed by atoms with Crippen LogP contribution in [0.15, 0.2) is 42.6 Å². The van der Waals surface area contributed by atoms with Crippen molar-refractivity contribution < 1.29 is 4.79 Å². The van der Waals surface area contributed by atoms with Gasteiger partial charge >= 0.3 is 0 Å². The number of nitrogens with one attached hydrogen (secondary N) is 2. The number of nitrogens with zero attached hydrogens (tertiary/aromatic N) is 4. The van der Waals surface area contributed by atoms with Crippen molar-refractivity contribution in [3.63, 3.8) is 0 Å². The van der Waals surface area contributed by atoms with E-state index in [2.05, 4.69) is 25.5 Å². The Morgan fingerprint density at radius 1 is 1.19 bits per heavy atom. The van der Waals surface area contributed by atoms with Crippen LogP contribution in [0.3, 0.4) is 0 Å². The molecule has 2 N–H and O–H groups in total. The number of aromatic nitrogens is 5. The van der Waals surface area contributed by atoms with E-state index in [-0.39, 0.29) is 5.91 Å². The van der Waals surface area contributed by atoms with E-state index >= 15 is 0 Å². The van der Waals surface area contributed by atoms with Crippen molar-refractivity contribution in [2.45, 2.75) is 31.6 Å². The predicted molar refractivity (Wildman–Crippen MR) is 102 cm³/mol. The summed E-state index contributed by atoms with van der Waals surface area (Å²) in [5.74, 6) is 2.28. The van der Waals surface area contributed by atoms with E-state index < -0.39 is 0 Å². The third-order valence-corrected chi connectivity index (χ3v) is 4.96. The number of fused-ring (bicyclic) bond motifs is 2. The number of hydrogen-bond acceptors (Lipinski definition) is 4. The minimum absolute atomic E-state index is 0.111. The number of aryl methyl sites for hydroxylation is 1. The van der Waals surface area contributed by atoms with Crippen LogP contribution in [0.4, 0.5) is 0 Å². The monoisotopic (exact) mass is 360 g/mol. The average molecular weight is 360 g/mol.